The number of hydrogen-bond acceptors (Lipinski definition) is 7. The predicted molar refractivity (Wildman–Crippen MR) is 72.5 cm³/mol. The summed E-state index contributed by atoms with van der Waals surface area (Å²) < 4.78 is 5.05. The molecule has 0 saturated heterocycles. The first kappa shape index (κ1) is 13.8. The molecule has 19 heavy (non-hydrogen) atoms. The molecule has 1 aliphatic rings. The summed E-state index contributed by atoms with van der Waals surface area (Å²) in [5.74, 6) is 0.880. The monoisotopic (exact) mass is 267 g/mol. The molecule has 1 heterocycles. The lowest BCUT2D eigenvalue weighted by Crippen LogP contribution is -2.44. The van der Waals surface area contributed by atoms with Gasteiger partial charge in [0, 0.05) is 7.05 Å². The van der Waals surface area contributed by atoms with Crippen molar-refractivity contribution >= 4 is 11.9 Å². The summed E-state index contributed by atoms with van der Waals surface area (Å²) in [6, 6.07) is 0.255. The molecule has 106 valence electrons. The van der Waals surface area contributed by atoms with Crippen LogP contribution in [0.3, 0.4) is 0 Å². The van der Waals surface area contributed by atoms with Crippen molar-refractivity contribution in [1.29, 1.82) is 0 Å². The molecular weight excluding hydrogens is 246 g/mol. The molecule has 7 nitrogen and oxygen atoms in total. The lowest BCUT2D eigenvalue weighted by atomic mass is 9.82. The number of hydrogen-bond donors (Lipinski definition) is 3. The molecule has 0 unspecified atom stereocenters. The van der Waals surface area contributed by atoms with Crippen LogP contribution in [0.4, 0.5) is 11.9 Å². The minimum atomic E-state index is -0.324. The van der Waals surface area contributed by atoms with E-state index in [1.54, 1.807) is 7.05 Å². The number of nitrogens with zero attached hydrogens (tertiary/aromatic N) is 3. The van der Waals surface area contributed by atoms with E-state index in [1.165, 1.54) is 13.5 Å². The summed E-state index contributed by atoms with van der Waals surface area (Å²) >= 11 is 0. The smallest absolute Gasteiger partial charge is 0.322 e. The third-order valence-electron chi connectivity index (χ3n) is 3.51. The summed E-state index contributed by atoms with van der Waals surface area (Å²) in [7, 11) is 3.25. The first-order valence-corrected chi connectivity index (χ1v) is 6.58. The standard InChI is InChI=1S/C12H21N5O2/c1-13-9-14-10(16-11(15-9)19-2)17-12(8-18)6-4-3-5-7-12/h18H,3-8H2,1-2H3,(H2,13,14,15,16,17). The number of ether oxygens (including phenoxy) is 1. The minimum absolute atomic E-state index is 0.0793. The van der Waals surface area contributed by atoms with Crippen molar-refractivity contribution in [2.24, 2.45) is 0 Å². The summed E-state index contributed by atoms with van der Waals surface area (Å²) in [6.45, 7) is 0.0793. The van der Waals surface area contributed by atoms with Crippen LogP contribution in [0.5, 0.6) is 6.01 Å². The summed E-state index contributed by atoms with van der Waals surface area (Å²) in [5, 5.41) is 15.8. The third-order valence-corrected chi connectivity index (χ3v) is 3.51. The SMILES string of the molecule is CNc1nc(NC2(CO)CCCCC2)nc(OC)n1. The van der Waals surface area contributed by atoms with Crippen LogP contribution >= 0.6 is 0 Å². The Labute approximate surface area is 112 Å². The van der Waals surface area contributed by atoms with Crippen molar-refractivity contribution in [3.8, 4) is 6.01 Å². The van der Waals surface area contributed by atoms with E-state index >= 15 is 0 Å². The molecule has 0 spiro atoms. The van der Waals surface area contributed by atoms with Crippen LogP contribution < -0.4 is 15.4 Å². The lowest BCUT2D eigenvalue weighted by molar-refractivity contribution is 0.172. The summed E-state index contributed by atoms with van der Waals surface area (Å²) in [4.78, 5) is 12.5. The van der Waals surface area contributed by atoms with Crippen LogP contribution in [0, 0.1) is 0 Å². The highest BCUT2D eigenvalue weighted by Crippen LogP contribution is 2.30. The maximum Gasteiger partial charge on any atom is 0.322 e. The highest BCUT2D eigenvalue weighted by Gasteiger charge is 2.32. The van der Waals surface area contributed by atoms with E-state index in [1.807, 2.05) is 0 Å². The lowest BCUT2D eigenvalue weighted by Gasteiger charge is -2.36. The van der Waals surface area contributed by atoms with Crippen molar-refractivity contribution in [2.45, 2.75) is 37.6 Å². The van der Waals surface area contributed by atoms with E-state index in [-0.39, 0.29) is 18.2 Å². The highest BCUT2D eigenvalue weighted by molar-refractivity contribution is 5.38. The highest BCUT2D eigenvalue weighted by atomic mass is 16.5. The Kier molecular flexibility index (Phi) is 4.36. The Morgan fingerprint density at radius 1 is 1.16 bits per heavy atom. The van der Waals surface area contributed by atoms with E-state index in [4.69, 9.17) is 4.74 Å². The Morgan fingerprint density at radius 3 is 2.42 bits per heavy atom. The van der Waals surface area contributed by atoms with Gasteiger partial charge in [-0.1, -0.05) is 19.3 Å². The zero-order chi connectivity index (χ0) is 13.7. The van der Waals surface area contributed by atoms with E-state index in [9.17, 15) is 5.11 Å². The van der Waals surface area contributed by atoms with Gasteiger partial charge in [0.15, 0.2) is 0 Å². The maximum absolute atomic E-state index is 9.68. The third kappa shape index (κ3) is 3.23. The van der Waals surface area contributed by atoms with E-state index in [0.29, 0.717) is 11.9 Å². The second kappa shape index (κ2) is 6.01. The van der Waals surface area contributed by atoms with Crippen LogP contribution in [-0.2, 0) is 0 Å². The molecule has 0 aromatic carbocycles. The van der Waals surface area contributed by atoms with Crippen molar-refractivity contribution in [3.05, 3.63) is 0 Å². The number of aliphatic hydroxyl groups is 1. The molecule has 1 aromatic heterocycles. The Balaban J connectivity index is 2.20. The average Bonchev–Trinajstić information content (AvgIpc) is 2.47. The van der Waals surface area contributed by atoms with E-state index in [0.717, 1.165) is 25.7 Å². The fourth-order valence-corrected chi connectivity index (χ4v) is 2.40. The molecule has 3 N–H and O–H groups in total. The van der Waals surface area contributed by atoms with Gasteiger partial charge in [0.25, 0.3) is 0 Å². The molecule has 1 aliphatic carbocycles. The number of rotatable bonds is 5. The van der Waals surface area contributed by atoms with Crippen LogP contribution in [0.15, 0.2) is 0 Å². The van der Waals surface area contributed by atoms with Gasteiger partial charge in [-0.25, -0.2) is 0 Å². The van der Waals surface area contributed by atoms with Gasteiger partial charge in [-0.15, -0.1) is 0 Å². The molecular formula is C12H21N5O2. The topological polar surface area (TPSA) is 92.2 Å². The predicted octanol–water partition coefficient (Wildman–Crippen LogP) is 1.03. The fraction of sp³-hybridized carbons (Fsp3) is 0.750. The number of aliphatic hydroxyl groups excluding tert-OH is 1. The molecule has 0 aliphatic heterocycles. The van der Waals surface area contributed by atoms with E-state index in [2.05, 4.69) is 25.6 Å². The average molecular weight is 267 g/mol. The summed E-state index contributed by atoms with van der Waals surface area (Å²) in [5.41, 5.74) is -0.324. The van der Waals surface area contributed by atoms with Crippen molar-refractivity contribution in [2.75, 3.05) is 31.4 Å². The quantitative estimate of drug-likeness (QED) is 0.733. The molecule has 7 heteroatoms. The Hall–Kier alpha value is -1.63. The van der Waals surface area contributed by atoms with Crippen molar-refractivity contribution in [3.63, 3.8) is 0 Å². The number of anilines is 2. The van der Waals surface area contributed by atoms with Gasteiger partial charge in [0.05, 0.1) is 19.3 Å². The van der Waals surface area contributed by atoms with Gasteiger partial charge < -0.3 is 20.5 Å². The number of nitrogens with one attached hydrogen (secondary N) is 2. The van der Waals surface area contributed by atoms with Crippen LogP contribution in [0.25, 0.3) is 0 Å². The van der Waals surface area contributed by atoms with Gasteiger partial charge in [-0.2, -0.15) is 15.0 Å². The molecule has 0 amide bonds. The maximum atomic E-state index is 9.68. The van der Waals surface area contributed by atoms with Crippen molar-refractivity contribution < 1.29 is 9.84 Å². The first-order valence-electron chi connectivity index (χ1n) is 6.58. The molecule has 1 saturated carbocycles. The molecule has 0 bridgehead atoms. The summed E-state index contributed by atoms with van der Waals surface area (Å²) in [6.07, 6.45) is 5.27. The van der Waals surface area contributed by atoms with Crippen LogP contribution in [0.1, 0.15) is 32.1 Å². The number of methoxy groups -OCH3 is 1. The molecule has 1 fully saturated rings. The van der Waals surface area contributed by atoms with Gasteiger partial charge in [-0.05, 0) is 12.8 Å². The molecule has 1 aromatic rings. The Bertz CT molecular complexity index is 398. The zero-order valence-electron chi connectivity index (χ0n) is 11.4. The Morgan fingerprint density at radius 2 is 1.84 bits per heavy atom. The molecule has 0 radical (unpaired) electrons. The van der Waals surface area contributed by atoms with Crippen LogP contribution in [-0.4, -0.2) is 46.4 Å². The second-order valence-corrected chi connectivity index (χ2v) is 4.84. The normalized spacial score (nSPS) is 17.8. The zero-order valence-corrected chi connectivity index (χ0v) is 11.4. The fourth-order valence-electron chi connectivity index (χ4n) is 2.40. The number of aromatic nitrogens is 3. The molecule has 0 atom stereocenters. The van der Waals surface area contributed by atoms with Gasteiger partial charge in [0.1, 0.15) is 0 Å². The van der Waals surface area contributed by atoms with Gasteiger partial charge in [0.2, 0.25) is 11.9 Å². The first-order chi connectivity index (χ1) is 9.21. The largest absolute Gasteiger partial charge is 0.467 e. The van der Waals surface area contributed by atoms with Gasteiger partial charge >= 0.3 is 6.01 Å². The van der Waals surface area contributed by atoms with Gasteiger partial charge in [-0.3, -0.25) is 0 Å². The minimum Gasteiger partial charge on any atom is -0.467 e. The second-order valence-electron chi connectivity index (χ2n) is 4.84. The van der Waals surface area contributed by atoms with E-state index < -0.39 is 0 Å². The van der Waals surface area contributed by atoms with Crippen molar-refractivity contribution in [1.82, 2.24) is 15.0 Å². The van der Waals surface area contributed by atoms with Crippen LogP contribution in [0.2, 0.25) is 0 Å². The molecule has 2 rings (SSSR count).